The van der Waals surface area contributed by atoms with Crippen LogP contribution >= 0.6 is 0 Å². The number of hydrogen-bond acceptors (Lipinski definition) is 4. The fraction of sp³-hybridized carbons (Fsp3) is 0.538. The molecule has 0 radical (unpaired) electrons. The molecule has 20 heavy (non-hydrogen) atoms. The van der Waals surface area contributed by atoms with Crippen LogP contribution < -0.4 is 10.4 Å². The number of hydrogen-bond donors (Lipinski definition) is 2. The first kappa shape index (κ1) is 15.9. The van der Waals surface area contributed by atoms with Crippen LogP contribution in [0.3, 0.4) is 0 Å². The van der Waals surface area contributed by atoms with Crippen molar-refractivity contribution in [3.8, 4) is 0 Å². The van der Waals surface area contributed by atoms with E-state index in [0.717, 1.165) is 5.56 Å². The maximum absolute atomic E-state index is 11.8. The Balaban J connectivity index is 2.32. The first-order chi connectivity index (χ1) is 9.41. The molecule has 0 saturated heterocycles. The summed E-state index contributed by atoms with van der Waals surface area (Å²) in [4.78, 5) is 26.0. The lowest BCUT2D eigenvalue weighted by molar-refractivity contribution is -0.750. The second-order valence-corrected chi connectivity index (χ2v) is 4.64. The van der Waals surface area contributed by atoms with Crippen molar-refractivity contribution in [2.24, 2.45) is 19.1 Å². The van der Waals surface area contributed by atoms with Crippen molar-refractivity contribution >= 4 is 23.8 Å². The highest BCUT2D eigenvalue weighted by Gasteiger charge is 2.16. The van der Waals surface area contributed by atoms with Gasteiger partial charge in [-0.25, -0.2) is 0 Å². The maximum Gasteiger partial charge on any atom is 0.308 e. The van der Waals surface area contributed by atoms with Gasteiger partial charge < -0.3 is 10.8 Å². The van der Waals surface area contributed by atoms with Crippen LogP contribution in [0.25, 0.3) is 0 Å². The molecule has 3 N–H and O–H groups in total. The highest BCUT2D eigenvalue weighted by atomic mass is 16.4. The molecule has 0 aliphatic rings. The number of carbonyl (C=O) groups excluding carboxylic acids is 1. The summed E-state index contributed by atoms with van der Waals surface area (Å²) in [6.07, 6.45) is 4.49. The smallest absolute Gasteiger partial charge is 0.308 e. The third-order valence-electron chi connectivity index (χ3n) is 3.02. The summed E-state index contributed by atoms with van der Waals surface area (Å²) in [7, 11) is 3.70. The van der Waals surface area contributed by atoms with Crippen LogP contribution in [-0.4, -0.2) is 34.3 Å². The molecule has 0 unspecified atom stereocenters. The molecule has 1 aromatic heterocycles. The van der Waals surface area contributed by atoms with Gasteiger partial charge in [-0.2, -0.15) is 0 Å². The molecule has 0 amide bonds. The molecule has 0 saturated carbocycles. The molecule has 1 rings (SSSR count). The highest BCUT2D eigenvalue weighted by molar-refractivity contribution is 5.84. The number of nitrogens with two attached hydrogens (primary N) is 1. The third-order valence-corrected chi connectivity index (χ3v) is 3.02. The molecule has 0 aliphatic heterocycles. The second-order valence-electron chi connectivity index (χ2n) is 4.64. The van der Waals surface area contributed by atoms with Crippen molar-refractivity contribution in [1.82, 2.24) is 4.68 Å². The normalized spacial score (nSPS) is 11.1. The lowest BCUT2D eigenvalue weighted by Crippen LogP contribution is -2.36. The molecule has 0 bridgehead atoms. The molecule has 0 fully saturated rings. The van der Waals surface area contributed by atoms with E-state index in [1.54, 1.807) is 4.68 Å². The Kier molecular flexibility index (Phi) is 5.89. The zero-order chi connectivity index (χ0) is 15.1. The maximum atomic E-state index is 11.8. The van der Waals surface area contributed by atoms with E-state index in [-0.39, 0.29) is 12.2 Å². The second kappa shape index (κ2) is 7.42. The van der Waals surface area contributed by atoms with E-state index < -0.39 is 5.97 Å². The van der Waals surface area contributed by atoms with Crippen LogP contribution in [0.5, 0.6) is 0 Å². The Hall–Kier alpha value is -2.18. The summed E-state index contributed by atoms with van der Waals surface area (Å²) < 4.78 is 3.60. The highest BCUT2D eigenvalue weighted by Crippen LogP contribution is 2.10. The standard InChI is InChI=1S/C13H20N4O3/c1-16-9-10(13(14)17(16)2)8-11(18)4-3-6-15-7-5-12(19)20/h7,9,14H,3-6,8H2,1-2H3,(H,19,20)/p+1. The summed E-state index contributed by atoms with van der Waals surface area (Å²) >= 11 is 0. The number of nitrogens with zero attached hydrogens (tertiary/aromatic N) is 3. The first-order valence-corrected chi connectivity index (χ1v) is 6.43. The Morgan fingerprint density at radius 1 is 1.55 bits per heavy atom. The molecule has 1 aromatic rings. The summed E-state index contributed by atoms with van der Waals surface area (Å²) in [5.41, 5.74) is 6.71. The molecule has 0 aromatic carbocycles. The summed E-state index contributed by atoms with van der Waals surface area (Å²) in [6, 6.07) is 0. The van der Waals surface area contributed by atoms with E-state index in [1.165, 1.54) is 6.21 Å². The number of aliphatic imine (C=N–C) groups is 1. The lowest BCUT2D eigenvalue weighted by Gasteiger charge is -1.98. The van der Waals surface area contributed by atoms with Gasteiger partial charge in [-0.15, -0.1) is 9.36 Å². The van der Waals surface area contributed by atoms with Gasteiger partial charge in [0.1, 0.15) is 5.78 Å². The molecule has 0 aliphatic carbocycles. The molecule has 0 atom stereocenters. The Morgan fingerprint density at radius 3 is 2.80 bits per heavy atom. The summed E-state index contributed by atoms with van der Waals surface area (Å²) in [5.74, 6) is -0.200. The Labute approximate surface area is 117 Å². The first-order valence-electron chi connectivity index (χ1n) is 6.43. The Bertz CT molecular complexity index is 520. The van der Waals surface area contributed by atoms with Crippen molar-refractivity contribution in [2.45, 2.75) is 25.7 Å². The van der Waals surface area contributed by atoms with Crippen LogP contribution in [0.1, 0.15) is 24.8 Å². The number of rotatable bonds is 8. The zero-order valence-electron chi connectivity index (χ0n) is 11.9. The average molecular weight is 281 g/mol. The van der Waals surface area contributed by atoms with E-state index in [9.17, 15) is 9.59 Å². The lowest BCUT2D eigenvalue weighted by atomic mass is 10.1. The van der Waals surface area contributed by atoms with Crippen molar-refractivity contribution < 1.29 is 19.4 Å². The van der Waals surface area contributed by atoms with E-state index in [4.69, 9.17) is 10.8 Å². The summed E-state index contributed by atoms with van der Waals surface area (Å²) in [6.45, 7) is 0.469. The average Bonchev–Trinajstić information content (AvgIpc) is 2.61. The molecular weight excluding hydrogens is 260 g/mol. The number of Topliss-reactive ketones (excluding diaryl/α,β-unsaturated/α-hetero) is 1. The van der Waals surface area contributed by atoms with E-state index in [2.05, 4.69) is 4.99 Å². The van der Waals surface area contributed by atoms with Gasteiger partial charge in [-0.1, -0.05) is 0 Å². The minimum absolute atomic E-state index is 0.0784. The molecule has 7 nitrogen and oxygen atoms in total. The minimum atomic E-state index is -0.905. The molecule has 110 valence electrons. The van der Waals surface area contributed by atoms with Crippen LogP contribution in [0.2, 0.25) is 0 Å². The van der Waals surface area contributed by atoms with Crippen molar-refractivity contribution in [2.75, 3.05) is 12.3 Å². The van der Waals surface area contributed by atoms with Crippen molar-refractivity contribution in [3.05, 3.63) is 11.8 Å². The molecular formula is C13H21N4O3+. The molecule has 1 heterocycles. The molecule has 0 spiro atoms. The van der Waals surface area contributed by atoms with Crippen LogP contribution in [0, 0.1) is 0 Å². The van der Waals surface area contributed by atoms with E-state index in [0.29, 0.717) is 31.6 Å². The van der Waals surface area contributed by atoms with E-state index >= 15 is 0 Å². The van der Waals surface area contributed by atoms with Crippen LogP contribution in [0.4, 0.5) is 5.82 Å². The number of aliphatic carboxylic acids is 1. The third kappa shape index (κ3) is 4.83. The van der Waals surface area contributed by atoms with Gasteiger partial charge in [-0.05, 0) is 6.42 Å². The quantitative estimate of drug-likeness (QED) is 0.393. The van der Waals surface area contributed by atoms with Crippen molar-refractivity contribution in [3.63, 3.8) is 0 Å². The summed E-state index contributed by atoms with van der Waals surface area (Å²) in [5, 5.41) is 8.41. The number of anilines is 1. The van der Waals surface area contributed by atoms with Crippen LogP contribution in [0.15, 0.2) is 11.2 Å². The number of aryl methyl sites for hydroxylation is 1. The zero-order valence-corrected chi connectivity index (χ0v) is 11.9. The monoisotopic (exact) mass is 281 g/mol. The Morgan fingerprint density at radius 2 is 2.25 bits per heavy atom. The van der Waals surface area contributed by atoms with Crippen molar-refractivity contribution in [1.29, 1.82) is 0 Å². The number of carbonyl (C=O) groups is 2. The van der Waals surface area contributed by atoms with Gasteiger partial charge in [0, 0.05) is 25.6 Å². The topological polar surface area (TPSA) is 102 Å². The number of carboxylic acid groups (broad SMARTS) is 1. The molecule has 7 heteroatoms. The largest absolute Gasteiger partial charge is 0.481 e. The minimum Gasteiger partial charge on any atom is -0.481 e. The fourth-order valence-corrected chi connectivity index (χ4v) is 1.79. The van der Waals surface area contributed by atoms with Gasteiger partial charge >= 0.3 is 5.97 Å². The van der Waals surface area contributed by atoms with Gasteiger partial charge in [0.05, 0.1) is 19.0 Å². The van der Waals surface area contributed by atoms with Crippen LogP contribution in [-0.2, 0) is 30.1 Å². The van der Waals surface area contributed by atoms with Gasteiger partial charge in [0.2, 0.25) is 6.20 Å². The number of nitrogen functional groups attached to an aromatic ring is 1. The number of carboxylic acids is 1. The van der Waals surface area contributed by atoms with Gasteiger partial charge in [0.15, 0.2) is 12.9 Å². The van der Waals surface area contributed by atoms with Gasteiger partial charge in [0.25, 0.3) is 0 Å². The predicted molar refractivity (Wildman–Crippen MR) is 74.6 cm³/mol. The SMILES string of the molecule is Cn1c(N)c(CC(=O)CCCN=CCC(=O)O)c[n+]1C. The van der Waals surface area contributed by atoms with E-state index in [1.807, 2.05) is 25.0 Å². The predicted octanol–water partition coefficient (Wildman–Crippen LogP) is -0.131. The fourth-order valence-electron chi connectivity index (χ4n) is 1.79. The number of ketones is 1. The number of aromatic nitrogens is 2. The van der Waals surface area contributed by atoms with Gasteiger partial charge in [-0.3, -0.25) is 14.6 Å².